The predicted molar refractivity (Wildman–Crippen MR) is 165 cm³/mol. The number of pyridine rings is 2. The SMILES string of the molecule is CC(=O)c1nn(CC(=O)N2[C@H](C(=O)Cc3nc(Br)ccc3C)C[C@@]3(Cn4cncn4)C[C@@H]23)c2cnc(-c3cnc(C)nc3)cc12. The van der Waals surface area contributed by atoms with Crippen LogP contribution >= 0.6 is 15.9 Å². The molecule has 14 heteroatoms. The molecule has 1 aliphatic carbocycles. The van der Waals surface area contributed by atoms with Gasteiger partial charge < -0.3 is 4.90 Å². The molecule has 45 heavy (non-hydrogen) atoms. The molecule has 1 saturated carbocycles. The van der Waals surface area contributed by atoms with E-state index in [1.165, 1.54) is 17.9 Å². The van der Waals surface area contributed by atoms with E-state index in [4.69, 9.17) is 0 Å². The molecule has 0 bridgehead atoms. The summed E-state index contributed by atoms with van der Waals surface area (Å²) in [6, 6.07) is 4.78. The lowest BCUT2D eigenvalue weighted by molar-refractivity contribution is -0.139. The number of ketones is 2. The minimum atomic E-state index is -0.625. The van der Waals surface area contributed by atoms with Crippen molar-refractivity contribution in [2.75, 3.05) is 0 Å². The standard InChI is InChI=1S/C31H29BrN10O3/c1-17-4-5-28(32)38-22(17)7-26(44)24-8-31(14-40-16-33-15-37-40)9-27(31)42(24)29(45)13-41-25-12-36-23(20-10-34-19(3)35-11-20)6-21(25)30(39-41)18(2)43/h4-6,10-12,15-16,24,27H,7-9,13-14H2,1-3H3/t24-,27+,31-/m0/s1. The fraction of sp³-hybridized carbons (Fsp3) is 0.355. The lowest BCUT2D eigenvalue weighted by Crippen LogP contribution is -2.45. The van der Waals surface area contributed by atoms with Gasteiger partial charge in [0.15, 0.2) is 11.6 Å². The van der Waals surface area contributed by atoms with E-state index in [2.05, 4.69) is 51.0 Å². The number of nitrogens with zero attached hydrogens (tertiary/aromatic N) is 10. The summed E-state index contributed by atoms with van der Waals surface area (Å²) < 4.78 is 3.93. The van der Waals surface area contributed by atoms with Gasteiger partial charge in [-0.25, -0.2) is 19.9 Å². The first kappa shape index (κ1) is 29.0. The third-order valence-electron chi connectivity index (χ3n) is 8.86. The first-order valence-corrected chi connectivity index (χ1v) is 15.4. The van der Waals surface area contributed by atoms with Crippen LogP contribution in [-0.4, -0.2) is 78.9 Å². The number of likely N-dealkylation sites (tertiary alicyclic amines) is 1. The molecule has 1 saturated heterocycles. The Kier molecular flexibility index (Phi) is 7.10. The molecule has 5 aromatic heterocycles. The molecule has 1 amide bonds. The highest BCUT2D eigenvalue weighted by Crippen LogP contribution is 2.60. The molecule has 2 aliphatic rings. The molecule has 228 valence electrons. The van der Waals surface area contributed by atoms with Crippen molar-refractivity contribution in [1.29, 1.82) is 0 Å². The topological polar surface area (TPSA) is 155 Å². The van der Waals surface area contributed by atoms with Crippen LogP contribution in [0.5, 0.6) is 0 Å². The summed E-state index contributed by atoms with van der Waals surface area (Å²) in [6.07, 6.45) is 9.50. The summed E-state index contributed by atoms with van der Waals surface area (Å²) in [5.74, 6) is 0.0938. The van der Waals surface area contributed by atoms with Gasteiger partial charge in [-0.3, -0.25) is 28.7 Å². The quantitative estimate of drug-likeness (QED) is 0.169. The zero-order valence-electron chi connectivity index (χ0n) is 24.9. The molecule has 1 aliphatic heterocycles. The van der Waals surface area contributed by atoms with Gasteiger partial charge in [0.25, 0.3) is 0 Å². The number of halogens is 1. The average Bonchev–Trinajstić information content (AvgIpc) is 3.34. The van der Waals surface area contributed by atoms with Crippen LogP contribution in [0.2, 0.25) is 0 Å². The van der Waals surface area contributed by atoms with Crippen LogP contribution in [0.15, 0.2) is 54.0 Å². The number of fused-ring (bicyclic) bond motifs is 2. The highest BCUT2D eigenvalue weighted by atomic mass is 79.9. The minimum absolute atomic E-state index is 0.0661. The molecule has 0 spiro atoms. The Balaban J connectivity index is 1.20. The number of piperidine rings is 1. The van der Waals surface area contributed by atoms with E-state index in [9.17, 15) is 14.4 Å². The van der Waals surface area contributed by atoms with Crippen LogP contribution in [-0.2, 0) is 29.1 Å². The number of aryl methyl sites for hydroxylation is 2. The summed E-state index contributed by atoms with van der Waals surface area (Å²) in [7, 11) is 0. The Hall–Kier alpha value is -4.72. The first-order chi connectivity index (χ1) is 21.6. The van der Waals surface area contributed by atoms with Crippen LogP contribution in [0.4, 0.5) is 0 Å². The van der Waals surface area contributed by atoms with Crippen LogP contribution in [0.3, 0.4) is 0 Å². The Morgan fingerprint density at radius 1 is 1.07 bits per heavy atom. The molecule has 3 atom stereocenters. The van der Waals surface area contributed by atoms with Gasteiger partial charge in [0, 0.05) is 41.7 Å². The van der Waals surface area contributed by atoms with Crippen molar-refractivity contribution in [3.8, 4) is 11.3 Å². The predicted octanol–water partition coefficient (Wildman–Crippen LogP) is 3.33. The lowest BCUT2D eigenvalue weighted by Gasteiger charge is -2.27. The summed E-state index contributed by atoms with van der Waals surface area (Å²) >= 11 is 3.41. The number of carbonyl (C=O) groups is 3. The van der Waals surface area contributed by atoms with E-state index in [-0.39, 0.29) is 47.6 Å². The van der Waals surface area contributed by atoms with Crippen molar-refractivity contribution < 1.29 is 14.4 Å². The van der Waals surface area contributed by atoms with Gasteiger partial charge in [0.05, 0.1) is 42.1 Å². The van der Waals surface area contributed by atoms with Gasteiger partial charge in [-0.05, 0) is 60.3 Å². The van der Waals surface area contributed by atoms with E-state index >= 15 is 0 Å². The molecule has 7 rings (SSSR count). The number of hydrogen-bond donors (Lipinski definition) is 0. The van der Waals surface area contributed by atoms with Crippen molar-refractivity contribution in [3.63, 3.8) is 0 Å². The van der Waals surface area contributed by atoms with Gasteiger partial charge in [-0.2, -0.15) is 10.2 Å². The van der Waals surface area contributed by atoms with E-state index < -0.39 is 6.04 Å². The summed E-state index contributed by atoms with van der Waals surface area (Å²) in [4.78, 5) is 64.1. The maximum absolute atomic E-state index is 14.2. The van der Waals surface area contributed by atoms with Gasteiger partial charge in [0.2, 0.25) is 5.91 Å². The maximum Gasteiger partial charge on any atom is 0.245 e. The number of Topliss-reactive ketones (excluding diaryl/α,β-unsaturated/α-hetero) is 2. The second kappa shape index (κ2) is 11.0. The molecular formula is C31H29BrN10O3. The number of aromatic nitrogens is 9. The molecule has 0 radical (unpaired) electrons. The fourth-order valence-corrected chi connectivity index (χ4v) is 6.82. The van der Waals surface area contributed by atoms with Gasteiger partial charge in [-0.15, -0.1) is 0 Å². The Labute approximate surface area is 266 Å². The van der Waals surface area contributed by atoms with Crippen LogP contribution < -0.4 is 0 Å². The number of rotatable bonds is 9. The van der Waals surface area contributed by atoms with Gasteiger partial charge in [0.1, 0.15) is 35.3 Å². The van der Waals surface area contributed by atoms with Crippen molar-refractivity contribution >= 4 is 44.3 Å². The van der Waals surface area contributed by atoms with Crippen LogP contribution in [0.25, 0.3) is 22.2 Å². The second-order valence-electron chi connectivity index (χ2n) is 11.9. The highest BCUT2D eigenvalue weighted by Gasteiger charge is 2.67. The number of carbonyl (C=O) groups excluding carboxylic acids is 3. The number of amides is 1. The van der Waals surface area contributed by atoms with Crippen molar-refractivity contribution in [2.24, 2.45) is 5.41 Å². The summed E-state index contributed by atoms with van der Waals surface area (Å²) in [5, 5.41) is 9.41. The highest BCUT2D eigenvalue weighted by molar-refractivity contribution is 9.10. The zero-order valence-corrected chi connectivity index (χ0v) is 26.5. The third kappa shape index (κ3) is 5.32. The van der Waals surface area contributed by atoms with Gasteiger partial charge in [-0.1, -0.05) is 6.07 Å². The molecule has 0 unspecified atom stereocenters. The molecule has 0 aromatic carbocycles. The third-order valence-corrected chi connectivity index (χ3v) is 9.30. The van der Waals surface area contributed by atoms with Crippen molar-refractivity contribution in [1.82, 2.24) is 49.4 Å². The molecule has 5 aromatic rings. The maximum atomic E-state index is 14.2. The number of hydrogen-bond acceptors (Lipinski definition) is 10. The smallest absolute Gasteiger partial charge is 0.245 e. The van der Waals surface area contributed by atoms with Crippen molar-refractivity contribution in [3.05, 3.63) is 76.8 Å². The van der Waals surface area contributed by atoms with E-state index in [0.717, 1.165) is 12.0 Å². The second-order valence-corrected chi connectivity index (χ2v) is 12.7. The summed E-state index contributed by atoms with van der Waals surface area (Å²) in [5.41, 5.74) is 3.40. The molecule has 13 nitrogen and oxygen atoms in total. The van der Waals surface area contributed by atoms with E-state index in [1.807, 2.05) is 19.1 Å². The molecule has 6 heterocycles. The Morgan fingerprint density at radius 2 is 1.87 bits per heavy atom. The average molecular weight is 670 g/mol. The van der Waals surface area contributed by atoms with E-state index in [0.29, 0.717) is 51.2 Å². The van der Waals surface area contributed by atoms with Crippen molar-refractivity contribution in [2.45, 2.75) is 65.2 Å². The molecule has 0 N–H and O–H groups in total. The monoisotopic (exact) mass is 668 g/mol. The molecule has 2 fully saturated rings. The normalized spacial score (nSPS) is 20.4. The van der Waals surface area contributed by atoms with Gasteiger partial charge >= 0.3 is 0 Å². The van der Waals surface area contributed by atoms with E-state index in [1.54, 1.807) is 47.5 Å². The fourth-order valence-electron chi connectivity index (χ4n) is 6.48. The Bertz CT molecular complexity index is 1970. The van der Waals surface area contributed by atoms with Crippen LogP contribution in [0.1, 0.15) is 47.3 Å². The Morgan fingerprint density at radius 3 is 2.60 bits per heavy atom. The minimum Gasteiger partial charge on any atom is -0.327 e. The first-order valence-electron chi connectivity index (χ1n) is 14.6. The largest absolute Gasteiger partial charge is 0.327 e. The van der Waals surface area contributed by atoms with Crippen LogP contribution in [0, 0.1) is 19.3 Å². The summed E-state index contributed by atoms with van der Waals surface area (Å²) in [6.45, 7) is 5.58. The lowest BCUT2D eigenvalue weighted by atomic mass is 9.94. The zero-order chi connectivity index (χ0) is 31.5. The molecular weight excluding hydrogens is 640 g/mol.